The quantitative estimate of drug-likeness (QED) is 0.398. The van der Waals surface area contributed by atoms with Crippen LogP contribution in [-0.4, -0.2) is 70.5 Å². The minimum absolute atomic E-state index is 0.127. The molecule has 1 saturated heterocycles. The number of nitrogens with zero attached hydrogens (tertiary/aromatic N) is 2. The van der Waals surface area contributed by atoms with Crippen LogP contribution in [0.4, 0.5) is 0 Å². The molecule has 0 aromatic carbocycles. The lowest BCUT2D eigenvalue weighted by molar-refractivity contribution is -0.00501. The Morgan fingerprint density at radius 3 is 2.76 bits per heavy atom. The maximum Gasteiger partial charge on any atom is 0.191 e. The first kappa shape index (κ1) is 19.8. The van der Waals surface area contributed by atoms with Crippen LogP contribution in [-0.2, 0) is 16.1 Å². The van der Waals surface area contributed by atoms with Crippen LogP contribution in [0, 0.1) is 0 Å². The Hall–Kier alpha value is -1.57. The van der Waals surface area contributed by atoms with Gasteiger partial charge in [-0.25, -0.2) is 0 Å². The molecule has 2 rings (SSSR count). The van der Waals surface area contributed by atoms with Crippen LogP contribution in [0.5, 0.6) is 0 Å². The summed E-state index contributed by atoms with van der Waals surface area (Å²) in [6, 6.07) is 3.79. The molecule has 0 bridgehead atoms. The third-order valence-corrected chi connectivity index (χ3v) is 4.76. The molecule has 142 valence electrons. The Kier molecular flexibility index (Phi) is 8.24. The molecule has 1 aliphatic heterocycles. The van der Waals surface area contributed by atoms with Crippen molar-refractivity contribution in [3.05, 3.63) is 24.2 Å². The minimum Gasteiger partial charge on any atom is -0.467 e. The predicted octanol–water partition coefficient (Wildman–Crippen LogP) is 1.46. The lowest BCUT2D eigenvalue weighted by Gasteiger charge is -2.43. The molecule has 25 heavy (non-hydrogen) atoms. The van der Waals surface area contributed by atoms with Crippen molar-refractivity contribution in [3.63, 3.8) is 0 Å². The molecule has 0 saturated carbocycles. The maximum atomic E-state index is 5.58. The normalized spacial score (nSPS) is 17.7. The zero-order valence-corrected chi connectivity index (χ0v) is 15.7. The molecule has 1 aliphatic rings. The van der Waals surface area contributed by atoms with Gasteiger partial charge >= 0.3 is 0 Å². The highest BCUT2D eigenvalue weighted by molar-refractivity contribution is 5.79. The summed E-state index contributed by atoms with van der Waals surface area (Å²) < 4.78 is 16.3. The van der Waals surface area contributed by atoms with Crippen molar-refractivity contribution in [1.82, 2.24) is 15.5 Å². The number of hydrogen-bond donors (Lipinski definition) is 2. The summed E-state index contributed by atoms with van der Waals surface area (Å²) in [5.41, 5.74) is 0.127. The number of hydrogen-bond acceptors (Lipinski definition) is 5. The van der Waals surface area contributed by atoms with Gasteiger partial charge < -0.3 is 29.4 Å². The molecule has 0 atom stereocenters. The van der Waals surface area contributed by atoms with E-state index in [0.717, 1.165) is 57.3 Å². The van der Waals surface area contributed by atoms with Gasteiger partial charge in [0.15, 0.2) is 5.96 Å². The summed E-state index contributed by atoms with van der Waals surface area (Å²) in [4.78, 5) is 6.61. The fourth-order valence-corrected chi connectivity index (χ4v) is 2.95. The summed E-state index contributed by atoms with van der Waals surface area (Å²) in [5, 5.41) is 6.80. The highest BCUT2D eigenvalue weighted by atomic mass is 16.5. The molecule has 0 unspecified atom stereocenters. The van der Waals surface area contributed by atoms with Crippen LogP contribution < -0.4 is 10.6 Å². The van der Waals surface area contributed by atoms with Gasteiger partial charge in [0.1, 0.15) is 12.4 Å². The highest BCUT2D eigenvalue weighted by Gasteiger charge is 2.34. The lowest BCUT2D eigenvalue weighted by atomic mass is 9.88. The summed E-state index contributed by atoms with van der Waals surface area (Å²) in [6.45, 7) is 4.52. The van der Waals surface area contributed by atoms with E-state index in [1.165, 1.54) is 0 Å². The van der Waals surface area contributed by atoms with Crippen molar-refractivity contribution in [2.24, 2.45) is 4.99 Å². The molecular formula is C18H32N4O3. The highest BCUT2D eigenvalue weighted by Crippen LogP contribution is 2.24. The molecule has 2 N–H and O–H groups in total. The Labute approximate surface area is 150 Å². The van der Waals surface area contributed by atoms with Gasteiger partial charge in [-0.2, -0.15) is 0 Å². The Bertz CT molecular complexity index is 496. The van der Waals surface area contributed by atoms with Crippen molar-refractivity contribution in [3.8, 4) is 0 Å². The molecule has 2 heterocycles. The Morgan fingerprint density at radius 1 is 1.32 bits per heavy atom. The smallest absolute Gasteiger partial charge is 0.191 e. The first-order valence-electron chi connectivity index (χ1n) is 8.96. The number of aliphatic imine (C=N–C) groups is 1. The van der Waals surface area contributed by atoms with E-state index in [0.29, 0.717) is 13.2 Å². The average molecular weight is 352 g/mol. The fraction of sp³-hybridized carbons (Fsp3) is 0.722. The third kappa shape index (κ3) is 6.34. The van der Waals surface area contributed by atoms with Crippen molar-refractivity contribution in [2.75, 3.05) is 54.1 Å². The van der Waals surface area contributed by atoms with E-state index < -0.39 is 0 Å². The summed E-state index contributed by atoms with van der Waals surface area (Å²) in [6.07, 6.45) is 4.64. The van der Waals surface area contributed by atoms with Gasteiger partial charge in [-0.1, -0.05) is 0 Å². The van der Waals surface area contributed by atoms with Crippen LogP contribution in [0.1, 0.15) is 25.0 Å². The van der Waals surface area contributed by atoms with Gasteiger partial charge in [0.25, 0.3) is 0 Å². The summed E-state index contributed by atoms with van der Waals surface area (Å²) >= 11 is 0. The number of likely N-dealkylation sites (N-methyl/N-ethyl adjacent to an activating group) is 1. The number of ether oxygens (including phenoxy) is 2. The Morgan fingerprint density at radius 2 is 2.12 bits per heavy atom. The van der Waals surface area contributed by atoms with Gasteiger partial charge in [-0.15, -0.1) is 0 Å². The van der Waals surface area contributed by atoms with Crippen LogP contribution in [0.3, 0.4) is 0 Å². The number of furan rings is 1. The van der Waals surface area contributed by atoms with E-state index in [1.807, 2.05) is 12.1 Å². The molecule has 0 spiro atoms. The van der Waals surface area contributed by atoms with Crippen LogP contribution in [0.2, 0.25) is 0 Å². The first-order chi connectivity index (χ1) is 12.2. The molecule has 1 aromatic rings. The van der Waals surface area contributed by atoms with Crippen molar-refractivity contribution < 1.29 is 13.9 Å². The van der Waals surface area contributed by atoms with Crippen molar-refractivity contribution in [1.29, 1.82) is 0 Å². The van der Waals surface area contributed by atoms with Crippen LogP contribution >= 0.6 is 0 Å². The topological polar surface area (TPSA) is 71.3 Å². The minimum atomic E-state index is 0.127. The second-order valence-corrected chi connectivity index (χ2v) is 6.57. The molecule has 0 amide bonds. The maximum absolute atomic E-state index is 5.58. The van der Waals surface area contributed by atoms with Gasteiger partial charge in [0.2, 0.25) is 0 Å². The second-order valence-electron chi connectivity index (χ2n) is 6.57. The molecule has 0 radical (unpaired) electrons. The summed E-state index contributed by atoms with van der Waals surface area (Å²) in [7, 11) is 6.08. The zero-order valence-electron chi connectivity index (χ0n) is 15.7. The molecule has 1 aromatic heterocycles. The largest absolute Gasteiger partial charge is 0.467 e. The van der Waals surface area contributed by atoms with Gasteiger partial charge in [0.05, 0.1) is 6.26 Å². The molecular weight excluding hydrogens is 320 g/mol. The third-order valence-electron chi connectivity index (χ3n) is 4.76. The second kappa shape index (κ2) is 10.4. The molecule has 1 fully saturated rings. The predicted molar refractivity (Wildman–Crippen MR) is 98.8 cm³/mol. The monoisotopic (exact) mass is 352 g/mol. The van der Waals surface area contributed by atoms with Crippen LogP contribution in [0.25, 0.3) is 0 Å². The summed E-state index contributed by atoms with van der Waals surface area (Å²) in [5.74, 6) is 1.69. The average Bonchev–Trinajstić information content (AvgIpc) is 3.14. The fourth-order valence-electron chi connectivity index (χ4n) is 2.95. The van der Waals surface area contributed by atoms with E-state index in [-0.39, 0.29) is 5.54 Å². The standard InChI is InChI=1S/C18H32N4O3/c1-19-17(20-9-5-10-24-14-16-6-4-11-25-16)21-15-18(22(2)3)7-12-23-13-8-18/h4,6,11H,5,7-10,12-15H2,1-3H3,(H2,19,20,21). The molecule has 7 nitrogen and oxygen atoms in total. The Balaban J connectivity index is 1.62. The molecule has 0 aliphatic carbocycles. The molecule has 7 heteroatoms. The van der Waals surface area contributed by atoms with E-state index in [2.05, 4.69) is 34.6 Å². The van der Waals surface area contributed by atoms with Gasteiger partial charge in [-0.05, 0) is 45.5 Å². The van der Waals surface area contributed by atoms with Crippen molar-refractivity contribution >= 4 is 5.96 Å². The van der Waals surface area contributed by atoms with E-state index in [9.17, 15) is 0 Å². The van der Waals surface area contributed by atoms with Crippen molar-refractivity contribution in [2.45, 2.75) is 31.4 Å². The zero-order chi connectivity index (χ0) is 18.0. The number of guanidine groups is 1. The van der Waals surface area contributed by atoms with E-state index in [1.54, 1.807) is 13.3 Å². The first-order valence-corrected chi connectivity index (χ1v) is 8.96. The van der Waals surface area contributed by atoms with E-state index in [4.69, 9.17) is 13.9 Å². The van der Waals surface area contributed by atoms with E-state index >= 15 is 0 Å². The van der Waals surface area contributed by atoms with Crippen LogP contribution in [0.15, 0.2) is 27.8 Å². The number of nitrogens with one attached hydrogen (secondary N) is 2. The van der Waals surface area contributed by atoms with Gasteiger partial charge in [-0.3, -0.25) is 4.99 Å². The SMILES string of the molecule is CN=C(NCCCOCc1ccco1)NCC1(N(C)C)CCOCC1. The number of rotatable bonds is 9. The van der Waals surface area contributed by atoms with Gasteiger partial charge in [0, 0.05) is 45.5 Å². The lowest BCUT2D eigenvalue weighted by Crippen LogP contribution is -2.57.